The summed E-state index contributed by atoms with van der Waals surface area (Å²) in [6.07, 6.45) is 2.72. The molecule has 0 bridgehead atoms. The van der Waals surface area contributed by atoms with Crippen LogP contribution in [0.4, 0.5) is 4.79 Å². The summed E-state index contributed by atoms with van der Waals surface area (Å²) in [6.45, 7) is 2.85. The largest absolute Gasteiger partial charge is 0.394 e. The molecule has 0 aliphatic carbocycles. The summed E-state index contributed by atoms with van der Waals surface area (Å²) < 4.78 is 0. The van der Waals surface area contributed by atoms with E-state index in [0.29, 0.717) is 0 Å². The van der Waals surface area contributed by atoms with Gasteiger partial charge in [0.05, 0.1) is 18.7 Å². The number of hydrogen-bond donors (Lipinski definition) is 2. The molecule has 1 fully saturated rings. The second-order valence-electron chi connectivity index (χ2n) is 4.99. The van der Waals surface area contributed by atoms with Crippen molar-refractivity contribution in [2.24, 2.45) is 0 Å². The highest BCUT2D eigenvalue weighted by Crippen LogP contribution is 2.20. The molecule has 4 nitrogen and oxygen atoms in total. The van der Waals surface area contributed by atoms with Crippen molar-refractivity contribution in [1.29, 1.82) is 0 Å². The topological polar surface area (TPSA) is 52.6 Å². The maximum Gasteiger partial charge on any atom is 0.318 e. The van der Waals surface area contributed by atoms with Crippen LogP contribution in [-0.2, 0) is 0 Å². The molecule has 0 aromatic heterocycles. The second kappa shape index (κ2) is 6.57. The van der Waals surface area contributed by atoms with Crippen molar-refractivity contribution in [2.75, 3.05) is 13.2 Å². The van der Waals surface area contributed by atoms with Crippen molar-refractivity contribution in [1.82, 2.24) is 10.2 Å². The number of rotatable bonds is 4. The molecule has 19 heavy (non-hydrogen) atoms. The van der Waals surface area contributed by atoms with Crippen LogP contribution in [0.3, 0.4) is 0 Å². The van der Waals surface area contributed by atoms with Crippen molar-refractivity contribution < 1.29 is 9.90 Å². The SMILES string of the molecule is CC[C@@H](NC(=O)N1CCC[C@H]1CO)c1ccccc1. The van der Waals surface area contributed by atoms with E-state index in [2.05, 4.69) is 12.2 Å². The Morgan fingerprint density at radius 2 is 2.21 bits per heavy atom. The fourth-order valence-electron chi connectivity index (χ4n) is 2.63. The molecule has 1 aromatic carbocycles. The van der Waals surface area contributed by atoms with Gasteiger partial charge in [0.25, 0.3) is 0 Å². The smallest absolute Gasteiger partial charge is 0.318 e. The van der Waals surface area contributed by atoms with Gasteiger partial charge >= 0.3 is 6.03 Å². The van der Waals surface area contributed by atoms with E-state index in [9.17, 15) is 9.90 Å². The minimum Gasteiger partial charge on any atom is -0.394 e. The number of urea groups is 1. The molecule has 0 unspecified atom stereocenters. The lowest BCUT2D eigenvalue weighted by Crippen LogP contribution is -2.45. The number of nitrogens with zero attached hydrogens (tertiary/aromatic N) is 1. The fraction of sp³-hybridized carbons (Fsp3) is 0.533. The molecule has 1 aliphatic heterocycles. The van der Waals surface area contributed by atoms with Gasteiger partial charge in [0, 0.05) is 6.54 Å². The molecule has 4 heteroatoms. The first-order valence-corrected chi connectivity index (χ1v) is 6.99. The summed E-state index contributed by atoms with van der Waals surface area (Å²) in [5.41, 5.74) is 1.12. The third-order valence-corrected chi connectivity index (χ3v) is 3.76. The summed E-state index contributed by atoms with van der Waals surface area (Å²) in [6, 6.07) is 9.95. The van der Waals surface area contributed by atoms with Crippen molar-refractivity contribution in [3.8, 4) is 0 Å². The Morgan fingerprint density at radius 3 is 2.84 bits per heavy atom. The molecule has 1 aromatic rings. The molecule has 0 radical (unpaired) electrons. The molecule has 2 atom stereocenters. The van der Waals surface area contributed by atoms with E-state index >= 15 is 0 Å². The van der Waals surface area contributed by atoms with Crippen LogP contribution in [0.2, 0.25) is 0 Å². The van der Waals surface area contributed by atoms with Gasteiger partial charge in [-0.3, -0.25) is 0 Å². The number of amides is 2. The Kier molecular flexibility index (Phi) is 4.80. The summed E-state index contributed by atoms with van der Waals surface area (Å²) in [5, 5.41) is 12.3. The highest BCUT2D eigenvalue weighted by atomic mass is 16.3. The van der Waals surface area contributed by atoms with Crippen LogP contribution in [0.5, 0.6) is 0 Å². The number of aliphatic hydroxyl groups is 1. The van der Waals surface area contributed by atoms with E-state index in [4.69, 9.17) is 0 Å². The van der Waals surface area contributed by atoms with E-state index in [1.54, 1.807) is 4.90 Å². The zero-order chi connectivity index (χ0) is 13.7. The van der Waals surface area contributed by atoms with Crippen LogP contribution in [0.25, 0.3) is 0 Å². The third kappa shape index (κ3) is 3.26. The summed E-state index contributed by atoms with van der Waals surface area (Å²) in [7, 11) is 0. The van der Waals surface area contributed by atoms with Gasteiger partial charge in [0.2, 0.25) is 0 Å². The highest BCUT2D eigenvalue weighted by Gasteiger charge is 2.29. The summed E-state index contributed by atoms with van der Waals surface area (Å²) in [5.74, 6) is 0. The molecule has 0 spiro atoms. The summed E-state index contributed by atoms with van der Waals surface area (Å²) in [4.78, 5) is 14.0. The summed E-state index contributed by atoms with van der Waals surface area (Å²) >= 11 is 0. The molecule has 1 saturated heterocycles. The van der Waals surface area contributed by atoms with Gasteiger partial charge in [0.15, 0.2) is 0 Å². The Balaban J connectivity index is 2.00. The number of aliphatic hydroxyl groups excluding tert-OH is 1. The van der Waals surface area contributed by atoms with Gasteiger partial charge in [-0.1, -0.05) is 37.3 Å². The first-order chi connectivity index (χ1) is 9.26. The maximum absolute atomic E-state index is 12.3. The molecule has 2 rings (SSSR count). The molecule has 1 aliphatic rings. The second-order valence-corrected chi connectivity index (χ2v) is 4.99. The number of hydrogen-bond acceptors (Lipinski definition) is 2. The number of benzene rings is 1. The van der Waals surface area contributed by atoms with E-state index in [1.165, 1.54) is 0 Å². The lowest BCUT2D eigenvalue weighted by molar-refractivity contribution is 0.154. The van der Waals surface area contributed by atoms with E-state index in [1.807, 2.05) is 30.3 Å². The fourth-order valence-corrected chi connectivity index (χ4v) is 2.63. The Morgan fingerprint density at radius 1 is 1.47 bits per heavy atom. The Hall–Kier alpha value is -1.55. The van der Waals surface area contributed by atoms with E-state index in [-0.39, 0.29) is 24.7 Å². The van der Waals surface area contributed by atoms with Crippen molar-refractivity contribution in [2.45, 2.75) is 38.3 Å². The number of carbonyl (C=O) groups excluding carboxylic acids is 1. The van der Waals surface area contributed by atoms with Gasteiger partial charge in [-0.2, -0.15) is 0 Å². The van der Waals surface area contributed by atoms with Gasteiger partial charge < -0.3 is 15.3 Å². The number of nitrogens with one attached hydrogen (secondary N) is 1. The molecular weight excluding hydrogens is 240 g/mol. The normalized spacial score (nSPS) is 20.3. The molecule has 0 saturated carbocycles. The van der Waals surface area contributed by atoms with Crippen molar-refractivity contribution in [3.63, 3.8) is 0 Å². The zero-order valence-corrected chi connectivity index (χ0v) is 11.4. The van der Waals surface area contributed by atoms with Crippen molar-refractivity contribution in [3.05, 3.63) is 35.9 Å². The molecule has 104 valence electrons. The average Bonchev–Trinajstić information content (AvgIpc) is 2.94. The minimum atomic E-state index is -0.0627. The molecule has 2 amide bonds. The predicted molar refractivity (Wildman–Crippen MR) is 74.8 cm³/mol. The van der Waals surface area contributed by atoms with E-state index < -0.39 is 0 Å². The lowest BCUT2D eigenvalue weighted by Gasteiger charge is -2.26. The minimum absolute atomic E-state index is 0.0201. The molecule has 1 heterocycles. The predicted octanol–water partition coefficient (Wildman–Crippen LogP) is 2.30. The molecule has 2 N–H and O–H groups in total. The van der Waals surface area contributed by atoms with Crippen LogP contribution >= 0.6 is 0 Å². The van der Waals surface area contributed by atoms with Crippen LogP contribution in [0.1, 0.15) is 37.8 Å². The maximum atomic E-state index is 12.3. The van der Waals surface area contributed by atoms with Crippen LogP contribution in [0, 0.1) is 0 Å². The molecular formula is C15H22N2O2. The van der Waals surface area contributed by atoms with Gasteiger partial charge in [0.1, 0.15) is 0 Å². The van der Waals surface area contributed by atoms with Crippen LogP contribution in [-0.4, -0.2) is 35.2 Å². The number of carbonyl (C=O) groups is 1. The van der Waals surface area contributed by atoms with Crippen LogP contribution < -0.4 is 5.32 Å². The monoisotopic (exact) mass is 262 g/mol. The Bertz CT molecular complexity index is 408. The van der Waals surface area contributed by atoms with Gasteiger partial charge in [-0.05, 0) is 24.8 Å². The van der Waals surface area contributed by atoms with E-state index in [0.717, 1.165) is 31.4 Å². The third-order valence-electron chi connectivity index (χ3n) is 3.76. The zero-order valence-electron chi connectivity index (χ0n) is 11.4. The standard InChI is InChI=1S/C15H22N2O2/c1-2-14(12-7-4-3-5-8-12)16-15(19)17-10-6-9-13(17)11-18/h3-5,7-8,13-14,18H,2,6,9-11H2,1H3,(H,16,19)/t13-,14+/m0/s1. The lowest BCUT2D eigenvalue weighted by atomic mass is 10.1. The first-order valence-electron chi connectivity index (χ1n) is 6.99. The van der Waals surface area contributed by atoms with Gasteiger partial charge in [-0.25, -0.2) is 4.79 Å². The van der Waals surface area contributed by atoms with Gasteiger partial charge in [-0.15, -0.1) is 0 Å². The highest BCUT2D eigenvalue weighted by molar-refractivity contribution is 5.75. The van der Waals surface area contributed by atoms with Crippen LogP contribution in [0.15, 0.2) is 30.3 Å². The first kappa shape index (κ1) is 13.9. The van der Waals surface area contributed by atoms with Crippen molar-refractivity contribution >= 4 is 6.03 Å². The number of likely N-dealkylation sites (tertiary alicyclic amines) is 1. The average molecular weight is 262 g/mol. The Labute approximate surface area is 114 Å². The quantitative estimate of drug-likeness (QED) is 0.875.